The van der Waals surface area contributed by atoms with Crippen molar-refractivity contribution in [2.45, 2.75) is 31.7 Å². The smallest absolute Gasteiger partial charge is 0.191 e. The predicted octanol–water partition coefficient (Wildman–Crippen LogP) is 4.83. The van der Waals surface area contributed by atoms with Gasteiger partial charge in [-0.25, -0.2) is 0 Å². The number of rotatable bonds is 9. The van der Waals surface area contributed by atoms with Crippen molar-refractivity contribution in [3.63, 3.8) is 0 Å². The Labute approximate surface area is 182 Å². The summed E-state index contributed by atoms with van der Waals surface area (Å²) in [5.41, 5.74) is 3.88. The van der Waals surface area contributed by atoms with E-state index in [9.17, 15) is 4.79 Å². The fraction of sp³-hybridized carbons (Fsp3) is 0.348. The van der Waals surface area contributed by atoms with Gasteiger partial charge in [0, 0.05) is 48.3 Å². The first-order chi connectivity index (χ1) is 14.5. The summed E-state index contributed by atoms with van der Waals surface area (Å²) in [6, 6.07) is 13.9. The molecule has 0 aliphatic rings. The summed E-state index contributed by atoms with van der Waals surface area (Å²) in [5, 5.41) is 9.58. The Hall–Kier alpha value is -2.80. The molecule has 0 saturated heterocycles. The molecule has 3 aromatic rings. The molecule has 0 unspecified atom stereocenters. The predicted molar refractivity (Wildman–Crippen MR) is 123 cm³/mol. The normalized spacial score (nSPS) is 10.8. The van der Waals surface area contributed by atoms with E-state index in [0.29, 0.717) is 11.3 Å². The summed E-state index contributed by atoms with van der Waals surface area (Å²) in [6.07, 6.45) is 0. The van der Waals surface area contributed by atoms with Gasteiger partial charge in [-0.1, -0.05) is 11.8 Å². The number of hydrogen-bond donors (Lipinski definition) is 0. The van der Waals surface area contributed by atoms with Crippen molar-refractivity contribution in [2.24, 2.45) is 7.05 Å². The molecule has 6 nitrogen and oxygen atoms in total. The number of hydrogen-bond acceptors (Lipinski definition) is 6. The molecule has 0 bridgehead atoms. The van der Waals surface area contributed by atoms with E-state index in [4.69, 9.17) is 4.74 Å². The highest BCUT2D eigenvalue weighted by Gasteiger charge is 2.14. The van der Waals surface area contributed by atoms with Crippen LogP contribution in [0.25, 0.3) is 11.4 Å². The van der Waals surface area contributed by atoms with Crippen LogP contribution < -0.4 is 9.64 Å². The molecule has 0 atom stereocenters. The largest absolute Gasteiger partial charge is 0.496 e. The maximum atomic E-state index is 11.7. The van der Waals surface area contributed by atoms with Crippen LogP contribution in [0.5, 0.6) is 5.75 Å². The van der Waals surface area contributed by atoms with E-state index in [1.807, 2.05) is 23.7 Å². The maximum Gasteiger partial charge on any atom is 0.191 e. The summed E-state index contributed by atoms with van der Waals surface area (Å²) in [7, 11) is 3.61. The number of Topliss-reactive ketones (excluding diaryl/α,β-unsaturated/α-hetero) is 1. The van der Waals surface area contributed by atoms with E-state index in [0.717, 1.165) is 40.9 Å². The number of ether oxygens (including phenoxy) is 1. The fourth-order valence-corrected chi connectivity index (χ4v) is 4.24. The summed E-state index contributed by atoms with van der Waals surface area (Å²) in [5.74, 6) is 2.27. The van der Waals surface area contributed by atoms with Crippen molar-refractivity contribution < 1.29 is 9.53 Å². The lowest BCUT2D eigenvalue weighted by atomic mass is 10.1. The van der Waals surface area contributed by atoms with Crippen LogP contribution in [0, 0.1) is 0 Å². The van der Waals surface area contributed by atoms with Gasteiger partial charge in [-0.3, -0.25) is 4.79 Å². The molecule has 0 aliphatic carbocycles. The first-order valence-electron chi connectivity index (χ1n) is 10.0. The minimum Gasteiger partial charge on any atom is -0.496 e. The minimum atomic E-state index is 0.0398. The number of anilines is 1. The molecule has 1 aromatic heterocycles. The van der Waals surface area contributed by atoms with Gasteiger partial charge in [0.1, 0.15) is 5.75 Å². The number of aromatic nitrogens is 3. The molecule has 2 aromatic carbocycles. The number of methoxy groups -OCH3 is 1. The molecule has 1 heterocycles. The first kappa shape index (κ1) is 21.9. The van der Waals surface area contributed by atoms with Crippen LogP contribution in [0.1, 0.15) is 36.7 Å². The molecule has 0 radical (unpaired) electrons. The number of thioether (sulfide) groups is 1. The van der Waals surface area contributed by atoms with Gasteiger partial charge in [-0.15, -0.1) is 10.2 Å². The van der Waals surface area contributed by atoms with Crippen molar-refractivity contribution in [3.8, 4) is 17.1 Å². The zero-order valence-corrected chi connectivity index (χ0v) is 19.0. The lowest BCUT2D eigenvalue weighted by Gasteiger charge is -2.21. The van der Waals surface area contributed by atoms with Crippen LogP contribution in [-0.4, -0.2) is 40.7 Å². The van der Waals surface area contributed by atoms with Gasteiger partial charge in [0.2, 0.25) is 0 Å². The monoisotopic (exact) mass is 424 g/mol. The van der Waals surface area contributed by atoms with Gasteiger partial charge in [0.15, 0.2) is 16.8 Å². The Morgan fingerprint density at radius 3 is 2.40 bits per heavy atom. The third kappa shape index (κ3) is 4.67. The molecule has 0 N–H and O–H groups in total. The van der Waals surface area contributed by atoms with E-state index in [-0.39, 0.29) is 5.78 Å². The second kappa shape index (κ2) is 9.80. The Balaban J connectivity index is 1.78. The van der Waals surface area contributed by atoms with Crippen LogP contribution in [-0.2, 0) is 12.8 Å². The van der Waals surface area contributed by atoms with Crippen LogP contribution in [0.4, 0.5) is 5.69 Å². The van der Waals surface area contributed by atoms with Crippen LogP contribution in [0.15, 0.2) is 47.6 Å². The highest BCUT2D eigenvalue weighted by atomic mass is 32.2. The third-order valence-corrected chi connectivity index (χ3v) is 6.20. The van der Waals surface area contributed by atoms with Crippen molar-refractivity contribution in [2.75, 3.05) is 25.1 Å². The molecular formula is C23H28N4O2S. The highest BCUT2D eigenvalue weighted by molar-refractivity contribution is 7.98. The molecule has 0 aliphatic heterocycles. The average Bonchev–Trinajstić information content (AvgIpc) is 3.13. The molecule has 7 heteroatoms. The average molecular weight is 425 g/mol. The summed E-state index contributed by atoms with van der Waals surface area (Å²) in [6.45, 7) is 7.85. The second-order valence-electron chi connectivity index (χ2n) is 6.96. The zero-order chi connectivity index (χ0) is 21.7. The number of ketones is 1. The summed E-state index contributed by atoms with van der Waals surface area (Å²) in [4.78, 5) is 14.0. The van der Waals surface area contributed by atoms with Gasteiger partial charge in [-0.2, -0.15) is 0 Å². The maximum absolute atomic E-state index is 11.7. The minimum absolute atomic E-state index is 0.0398. The van der Waals surface area contributed by atoms with Gasteiger partial charge in [0.05, 0.1) is 7.11 Å². The van der Waals surface area contributed by atoms with Crippen molar-refractivity contribution in [1.29, 1.82) is 0 Å². The molecule has 0 saturated carbocycles. The Morgan fingerprint density at radius 2 is 1.80 bits per heavy atom. The topological polar surface area (TPSA) is 60.3 Å². The number of carbonyl (C=O) groups excluding carboxylic acids is 1. The zero-order valence-electron chi connectivity index (χ0n) is 18.2. The van der Waals surface area contributed by atoms with Crippen LogP contribution in [0.3, 0.4) is 0 Å². The van der Waals surface area contributed by atoms with E-state index >= 15 is 0 Å². The molecule has 158 valence electrons. The molecular weight excluding hydrogens is 396 g/mol. The standard InChI is InChI=1S/C23H28N4O2S/c1-6-27(7-2)20-11-8-17(9-12-20)22-24-25-23(26(22)4)30-15-19-14-18(16(3)28)10-13-21(19)29-5/h8-14H,6-7,15H2,1-5H3. The number of nitrogens with zero attached hydrogens (tertiary/aromatic N) is 4. The third-order valence-electron chi connectivity index (χ3n) is 5.13. The SMILES string of the molecule is CCN(CC)c1ccc(-c2nnc(SCc3cc(C(C)=O)ccc3OC)n2C)cc1. The molecule has 3 rings (SSSR count). The van der Waals surface area contributed by atoms with Crippen molar-refractivity contribution >= 4 is 23.2 Å². The van der Waals surface area contributed by atoms with E-state index in [2.05, 4.69) is 53.2 Å². The summed E-state index contributed by atoms with van der Waals surface area (Å²) < 4.78 is 7.45. The molecule has 0 spiro atoms. The number of carbonyl (C=O) groups is 1. The molecule has 0 amide bonds. The Bertz CT molecular complexity index is 1010. The fourth-order valence-electron chi connectivity index (χ4n) is 3.35. The highest BCUT2D eigenvalue weighted by Crippen LogP contribution is 2.30. The lowest BCUT2D eigenvalue weighted by molar-refractivity contribution is 0.101. The van der Waals surface area contributed by atoms with E-state index in [1.165, 1.54) is 5.69 Å². The lowest BCUT2D eigenvalue weighted by Crippen LogP contribution is -2.21. The van der Waals surface area contributed by atoms with Crippen molar-refractivity contribution in [1.82, 2.24) is 14.8 Å². The van der Waals surface area contributed by atoms with Crippen molar-refractivity contribution in [3.05, 3.63) is 53.6 Å². The number of benzene rings is 2. The van der Waals surface area contributed by atoms with E-state index < -0.39 is 0 Å². The Kier molecular flexibility index (Phi) is 7.15. The van der Waals surface area contributed by atoms with E-state index in [1.54, 1.807) is 31.9 Å². The van der Waals surface area contributed by atoms with Crippen LogP contribution >= 0.6 is 11.8 Å². The quantitative estimate of drug-likeness (QED) is 0.362. The second-order valence-corrected chi connectivity index (χ2v) is 7.90. The first-order valence-corrected chi connectivity index (χ1v) is 11.0. The summed E-state index contributed by atoms with van der Waals surface area (Å²) >= 11 is 1.57. The van der Waals surface area contributed by atoms with Gasteiger partial charge in [-0.05, 0) is 63.2 Å². The Morgan fingerprint density at radius 1 is 1.10 bits per heavy atom. The van der Waals surface area contributed by atoms with Gasteiger partial charge < -0.3 is 14.2 Å². The molecule has 30 heavy (non-hydrogen) atoms. The molecule has 0 fully saturated rings. The van der Waals surface area contributed by atoms with Crippen LogP contribution in [0.2, 0.25) is 0 Å². The van der Waals surface area contributed by atoms with Gasteiger partial charge in [0.25, 0.3) is 0 Å². The van der Waals surface area contributed by atoms with Gasteiger partial charge >= 0.3 is 0 Å².